The summed E-state index contributed by atoms with van der Waals surface area (Å²) in [6.07, 6.45) is 2.70. The van der Waals surface area contributed by atoms with Crippen LogP contribution in [0.4, 0.5) is 5.69 Å². The van der Waals surface area contributed by atoms with Gasteiger partial charge in [0.1, 0.15) is 18.0 Å². The van der Waals surface area contributed by atoms with Crippen LogP contribution in [0.2, 0.25) is 0 Å². The zero-order valence-corrected chi connectivity index (χ0v) is 7.19. The van der Waals surface area contributed by atoms with Gasteiger partial charge in [-0.3, -0.25) is 4.79 Å². The number of amides is 1. The van der Waals surface area contributed by atoms with E-state index in [1.54, 1.807) is 0 Å². The minimum absolute atomic E-state index is 0.178. The molecule has 0 saturated heterocycles. The maximum Gasteiger partial charge on any atom is 0.243 e. The van der Waals surface area contributed by atoms with Crippen molar-refractivity contribution in [2.75, 3.05) is 19.0 Å². The third kappa shape index (κ3) is 2.85. The number of hydrogen-bond donors (Lipinski definition) is 2. The number of aromatic nitrogens is 1. The second kappa shape index (κ2) is 4.58. The second-order valence-electron chi connectivity index (χ2n) is 2.46. The fourth-order valence-electron chi connectivity index (χ4n) is 0.757. The minimum Gasteiger partial charge on any atom is -0.383 e. The van der Waals surface area contributed by atoms with Crippen LogP contribution < -0.4 is 11.1 Å². The van der Waals surface area contributed by atoms with Crippen LogP contribution in [0, 0.1) is 0 Å². The van der Waals surface area contributed by atoms with Crippen LogP contribution >= 0.6 is 0 Å². The Hall–Kier alpha value is -1.40. The van der Waals surface area contributed by atoms with Crippen molar-refractivity contribution in [1.82, 2.24) is 5.16 Å². The number of methoxy groups -OCH3 is 1. The number of carbonyl (C=O) groups excluding carboxylic acids is 1. The van der Waals surface area contributed by atoms with E-state index in [2.05, 4.69) is 15.0 Å². The molecular formula is C7H11N3O3. The van der Waals surface area contributed by atoms with Crippen LogP contribution in [0.1, 0.15) is 0 Å². The summed E-state index contributed by atoms with van der Waals surface area (Å²) in [5.41, 5.74) is 5.94. The molecule has 1 unspecified atom stereocenters. The van der Waals surface area contributed by atoms with Crippen LogP contribution in [0.3, 0.4) is 0 Å². The predicted molar refractivity (Wildman–Crippen MR) is 45.0 cm³/mol. The molecule has 0 bridgehead atoms. The molecule has 1 rings (SSSR count). The van der Waals surface area contributed by atoms with Gasteiger partial charge >= 0.3 is 0 Å². The molecule has 0 fully saturated rings. The summed E-state index contributed by atoms with van der Waals surface area (Å²) in [5, 5.41) is 5.93. The van der Waals surface area contributed by atoms with Gasteiger partial charge in [0, 0.05) is 7.11 Å². The Morgan fingerprint density at radius 3 is 3.23 bits per heavy atom. The number of rotatable bonds is 4. The van der Waals surface area contributed by atoms with Crippen molar-refractivity contribution in [3.8, 4) is 0 Å². The molecule has 0 aromatic carbocycles. The standard InChI is InChI=1S/C7H11N3O3/c1-12-4-6(8)7(11)10-5-2-9-13-3-5/h2-3,6H,4,8H2,1H3,(H,10,11). The average Bonchev–Trinajstić information content (AvgIpc) is 2.57. The topological polar surface area (TPSA) is 90.4 Å². The van der Waals surface area contributed by atoms with E-state index in [1.165, 1.54) is 19.6 Å². The van der Waals surface area contributed by atoms with E-state index < -0.39 is 6.04 Å². The molecule has 1 heterocycles. The highest BCUT2D eigenvalue weighted by Gasteiger charge is 2.13. The summed E-state index contributed by atoms with van der Waals surface area (Å²) in [7, 11) is 1.48. The summed E-state index contributed by atoms with van der Waals surface area (Å²) in [5.74, 6) is -0.329. The lowest BCUT2D eigenvalue weighted by Gasteiger charge is -2.08. The molecule has 0 radical (unpaired) electrons. The summed E-state index contributed by atoms with van der Waals surface area (Å²) in [4.78, 5) is 11.2. The molecular weight excluding hydrogens is 174 g/mol. The first kappa shape index (κ1) is 9.69. The fourth-order valence-corrected chi connectivity index (χ4v) is 0.757. The van der Waals surface area contributed by atoms with E-state index in [4.69, 9.17) is 10.5 Å². The Morgan fingerprint density at radius 1 is 1.92 bits per heavy atom. The first-order valence-electron chi connectivity index (χ1n) is 3.69. The highest BCUT2D eigenvalue weighted by molar-refractivity contribution is 5.94. The molecule has 1 amide bonds. The van der Waals surface area contributed by atoms with Gasteiger partial charge < -0.3 is 20.3 Å². The van der Waals surface area contributed by atoms with E-state index in [0.29, 0.717) is 5.69 Å². The second-order valence-corrected chi connectivity index (χ2v) is 2.46. The minimum atomic E-state index is -0.681. The zero-order valence-electron chi connectivity index (χ0n) is 7.19. The molecule has 1 aromatic rings. The van der Waals surface area contributed by atoms with E-state index in [0.717, 1.165) is 0 Å². The lowest BCUT2D eigenvalue weighted by molar-refractivity contribution is -0.118. The molecule has 0 saturated carbocycles. The quantitative estimate of drug-likeness (QED) is 0.665. The number of ether oxygens (including phenoxy) is 1. The fraction of sp³-hybridized carbons (Fsp3) is 0.429. The SMILES string of the molecule is COCC(N)C(=O)Nc1cnoc1. The first-order chi connectivity index (χ1) is 6.24. The summed E-state index contributed by atoms with van der Waals surface area (Å²) in [6, 6.07) is -0.681. The molecule has 1 aromatic heterocycles. The smallest absolute Gasteiger partial charge is 0.243 e. The Bertz CT molecular complexity index is 260. The van der Waals surface area contributed by atoms with E-state index in [-0.39, 0.29) is 12.5 Å². The predicted octanol–water partition coefficient (Wildman–Crippen LogP) is -0.413. The lowest BCUT2D eigenvalue weighted by Crippen LogP contribution is -2.39. The third-order valence-electron chi connectivity index (χ3n) is 1.38. The molecule has 13 heavy (non-hydrogen) atoms. The lowest BCUT2D eigenvalue weighted by atomic mass is 10.3. The van der Waals surface area contributed by atoms with Gasteiger partial charge in [0.2, 0.25) is 5.91 Å². The normalized spacial score (nSPS) is 12.5. The summed E-state index contributed by atoms with van der Waals surface area (Å²) in [6.45, 7) is 0.178. The van der Waals surface area contributed by atoms with E-state index in [1.807, 2.05) is 0 Å². The number of nitrogens with two attached hydrogens (primary N) is 1. The van der Waals surface area contributed by atoms with E-state index >= 15 is 0 Å². The van der Waals surface area contributed by atoms with Crippen molar-refractivity contribution >= 4 is 11.6 Å². The Balaban J connectivity index is 2.41. The Labute approximate surface area is 75.0 Å². The van der Waals surface area contributed by atoms with Crippen LogP contribution in [0.25, 0.3) is 0 Å². The van der Waals surface area contributed by atoms with Crippen LogP contribution in [-0.2, 0) is 9.53 Å². The van der Waals surface area contributed by atoms with Gasteiger partial charge in [-0.25, -0.2) is 0 Å². The summed E-state index contributed by atoms with van der Waals surface area (Å²) < 4.78 is 9.24. The van der Waals surface area contributed by atoms with Crippen LogP contribution in [0.5, 0.6) is 0 Å². The van der Waals surface area contributed by atoms with Gasteiger partial charge in [-0.15, -0.1) is 0 Å². The third-order valence-corrected chi connectivity index (χ3v) is 1.38. The molecule has 0 spiro atoms. The summed E-state index contributed by atoms with van der Waals surface area (Å²) >= 11 is 0. The van der Waals surface area contributed by atoms with Crippen LogP contribution in [-0.4, -0.2) is 30.8 Å². The van der Waals surface area contributed by atoms with Crippen molar-refractivity contribution in [3.63, 3.8) is 0 Å². The molecule has 72 valence electrons. The number of nitrogens with one attached hydrogen (secondary N) is 1. The average molecular weight is 185 g/mol. The molecule has 6 heteroatoms. The van der Waals surface area contributed by atoms with Crippen molar-refractivity contribution < 1.29 is 14.1 Å². The van der Waals surface area contributed by atoms with Gasteiger partial charge in [0.15, 0.2) is 0 Å². The van der Waals surface area contributed by atoms with Gasteiger partial charge in [-0.1, -0.05) is 5.16 Å². The number of hydrogen-bond acceptors (Lipinski definition) is 5. The number of anilines is 1. The highest BCUT2D eigenvalue weighted by Crippen LogP contribution is 2.03. The zero-order chi connectivity index (χ0) is 9.68. The maximum atomic E-state index is 11.2. The largest absolute Gasteiger partial charge is 0.383 e. The van der Waals surface area contributed by atoms with Crippen molar-refractivity contribution in [3.05, 3.63) is 12.5 Å². The maximum absolute atomic E-state index is 11.2. The highest BCUT2D eigenvalue weighted by atomic mass is 16.5. The Kier molecular flexibility index (Phi) is 3.41. The molecule has 3 N–H and O–H groups in total. The van der Waals surface area contributed by atoms with Gasteiger partial charge in [0.05, 0.1) is 12.8 Å². The molecule has 0 aliphatic carbocycles. The van der Waals surface area contributed by atoms with Crippen molar-refractivity contribution in [2.45, 2.75) is 6.04 Å². The van der Waals surface area contributed by atoms with Crippen molar-refractivity contribution in [1.29, 1.82) is 0 Å². The number of carbonyl (C=O) groups is 1. The molecule has 1 atom stereocenters. The molecule has 0 aliphatic heterocycles. The van der Waals surface area contributed by atoms with Gasteiger partial charge in [0.25, 0.3) is 0 Å². The van der Waals surface area contributed by atoms with E-state index in [9.17, 15) is 4.79 Å². The monoisotopic (exact) mass is 185 g/mol. The van der Waals surface area contributed by atoms with Crippen LogP contribution in [0.15, 0.2) is 17.0 Å². The molecule has 6 nitrogen and oxygen atoms in total. The first-order valence-corrected chi connectivity index (χ1v) is 3.69. The molecule has 0 aliphatic rings. The number of nitrogens with zero attached hydrogens (tertiary/aromatic N) is 1. The van der Waals surface area contributed by atoms with Gasteiger partial charge in [-0.05, 0) is 0 Å². The Morgan fingerprint density at radius 2 is 2.69 bits per heavy atom. The van der Waals surface area contributed by atoms with Gasteiger partial charge in [-0.2, -0.15) is 0 Å². The van der Waals surface area contributed by atoms with Crippen molar-refractivity contribution in [2.24, 2.45) is 5.73 Å².